The van der Waals surface area contributed by atoms with E-state index in [0.29, 0.717) is 5.56 Å². The van der Waals surface area contributed by atoms with Crippen molar-refractivity contribution < 1.29 is 4.79 Å². The Hall–Kier alpha value is -3.05. The van der Waals surface area contributed by atoms with Crippen molar-refractivity contribution in [1.29, 1.82) is 0 Å². The summed E-state index contributed by atoms with van der Waals surface area (Å²) in [6, 6.07) is 22.0. The maximum absolute atomic E-state index is 13.1. The number of fused-ring (bicyclic) bond motifs is 2. The number of amides is 1. The van der Waals surface area contributed by atoms with E-state index in [2.05, 4.69) is 18.3 Å². The number of anilines is 1. The zero-order chi connectivity index (χ0) is 19.1. The molecule has 0 radical (unpaired) electrons. The topological polar surface area (TPSA) is 46.9 Å². The van der Waals surface area contributed by atoms with Crippen LogP contribution in [0.2, 0.25) is 0 Å². The van der Waals surface area contributed by atoms with Gasteiger partial charge in [-0.3, -0.25) is 4.79 Å². The van der Waals surface area contributed by atoms with Crippen LogP contribution in [0.1, 0.15) is 27.2 Å². The van der Waals surface area contributed by atoms with Gasteiger partial charge >= 0.3 is 0 Å². The summed E-state index contributed by atoms with van der Waals surface area (Å²) in [5.41, 5.74) is 4.95. The highest BCUT2D eigenvalue weighted by atomic mass is 32.2. The molecule has 1 aliphatic rings. The van der Waals surface area contributed by atoms with Crippen LogP contribution in [-0.2, 0) is 11.5 Å². The second-order valence-electron chi connectivity index (χ2n) is 6.98. The van der Waals surface area contributed by atoms with Gasteiger partial charge in [-0.2, -0.15) is 16.9 Å². The van der Waals surface area contributed by atoms with Crippen LogP contribution in [0.15, 0.2) is 66.7 Å². The van der Waals surface area contributed by atoms with Gasteiger partial charge in [0.2, 0.25) is 0 Å². The van der Waals surface area contributed by atoms with Crippen molar-refractivity contribution in [2.24, 2.45) is 0 Å². The van der Waals surface area contributed by atoms with Crippen molar-refractivity contribution in [3.05, 3.63) is 89.1 Å². The van der Waals surface area contributed by atoms with Gasteiger partial charge in [-0.25, -0.2) is 4.68 Å². The number of aryl methyl sites for hydroxylation is 1. The smallest absolute Gasteiger partial charge is 0.256 e. The first-order chi connectivity index (χ1) is 13.7. The molecule has 0 saturated carbocycles. The molecule has 1 N–H and O–H groups in total. The van der Waals surface area contributed by atoms with E-state index in [1.807, 2.05) is 77.1 Å². The van der Waals surface area contributed by atoms with Gasteiger partial charge in [0, 0.05) is 22.6 Å². The number of rotatable bonds is 3. The first kappa shape index (κ1) is 17.1. The van der Waals surface area contributed by atoms with Gasteiger partial charge in [0.25, 0.3) is 5.91 Å². The van der Waals surface area contributed by atoms with E-state index in [1.165, 1.54) is 0 Å². The lowest BCUT2D eigenvalue weighted by atomic mass is 10.1. The standard InChI is InChI=1S/C23H19N3OS/c1-15-6-2-5-9-21(15)26-22(19-13-28-14-20(19)25-26)24-23(27)18-11-10-16-7-3-4-8-17(16)12-18/h2-12H,13-14H2,1H3,(H,24,27). The third-order valence-corrected chi connectivity index (χ3v) is 6.11. The number of carbonyl (C=O) groups is 1. The predicted octanol–water partition coefficient (Wildman–Crippen LogP) is 5.33. The Morgan fingerprint density at radius 1 is 1.00 bits per heavy atom. The molecule has 2 heterocycles. The van der Waals surface area contributed by atoms with Crippen LogP contribution in [-0.4, -0.2) is 15.7 Å². The average molecular weight is 385 g/mol. The molecule has 1 aromatic heterocycles. The van der Waals surface area contributed by atoms with Gasteiger partial charge in [0.1, 0.15) is 5.82 Å². The molecule has 1 amide bonds. The molecule has 0 fully saturated rings. The Kier molecular flexibility index (Phi) is 4.17. The summed E-state index contributed by atoms with van der Waals surface area (Å²) < 4.78 is 1.89. The summed E-state index contributed by atoms with van der Waals surface area (Å²) in [7, 11) is 0. The maximum atomic E-state index is 13.1. The first-order valence-corrected chi connectivity index (χ1v) is 10.4. The molecule has 1 aliphatic heterocycles. The van der Waals surface area contributed by atoms with Crippen molar-refractivity contribution in [1.82, 2.24) is 9.78 Å². The molecule has 5 heteroatoms. The summed E-state index contributed by atoms with van der Waals surface area (Å²) in [6.45, 7) is 2.06. The Bertz CT molecular complexity index is 1210. The Labute approximate surface area is 167 Å². The summed E-state index contributed by atoms with van der Waals surface area (Å²) in [6.07, 6.45) is 0. The number of nitrogens with zero attached hydrogens (tertiary/aromatic N) is 2. The third-order valence-electron chi connectivity index (χ3n) is 5.14. The normalized spacial score (nSPS) is 12.9. The summed E-state index contributed by atoms with van der Waals surface area (Å²) >= 11 is 1.83. The lowest BCUT2D eigenvalue weighted by Gasteiger charge is -2.13. The van der Waals surface area contributed by atoms with Crippen LogP contribution in [0, 0.1) is 6.92 Å². The zero-order valence-corrected chi connectivity index (χ0v) is 16.3. The molecule has 0 atom stereocenters. The van der Waals surface area contributed by atoms with E-state index in [4.69, 9.17) is 5.10 Å². The average Bonchev–Trinajstić information content (AvgIpc) is 3.30. The SMILES string of the molecule is Cc1ccccc1-n1nc2c(c1NC(=O)c1ccc3ccccc3c1)CSC2. The molecular weight excluding hydrogens is 366 g/mol. The number of carbonyl (C=O) groups excluding carboxylic acids is 1. The van der Waals surface area contributed by atoms with Gasteiger partial charge in [0.05, 0.1) is 11.4 Å². The van der Waals surface area contributed by atoms with Gasteiger partial charge in [-0.15, -0.1) is 0 Å². The van der Waals surface area contributed by atoms with Crippen molar-refractivity contribution in [3.8, 4) is 5.69 Å². The fourth-order valence-corrected chi connectivity index (χ4v) is 4.66. The number of aromatic nitrogens is 2. The maximum Gasteiger partial charge on any atom is 0.256 e. The molecule has 4 nitrogen and oxygen atoms in total. The molecule has 5 rings (SSSR count). The summed E-state index contributed by atoms with van der Waals surface area (Å²) in [4.78, 5) is 13.1. The van der Waals surface area contributed by atoms with E-state index in [0.717, 1.165) is 50.6 Å². The monoisotopic (exact) mass is 385 g/mol. The number of benzene rings is 3. The van der Waals surface area contributed by atoms with Gasteiger partial charge in [-0.1, -0.05) is 48.5 Å². The molecule has 4 aromatic rings. The molecule has 0 bridgehead atoms. The lowest BCUT2D eigenvalue weighted by molar-refractivity contribution is 0.102. The van der Waals surface area contributed by atoms with Crippen molar-refractivity contribution >= 4 is 34.3 Å². The van der Waals surface area contributed by atoms with E-state index in [9.17, 15) is 4.79 Å². The second-order valence-corrected chi connectivity index (χ2v) is 7.97. The van der Waals surface area contributed by atoms with Crippen molar-refractivity contribution in [3.63, 3.8) is 0 Å². The highest BCUT2D eigenvalue weighted by Crippen LogP contribution is 2.36. The molecule has 138 valence electrons. The highest BCUT2D eigenvalue weighted by Gasteiger charge is 2.25. The second kappa shape index (κ2) is 6.84. The minimum absolute atomic E-state index is 0.111. The highest BCUT2D eigenvalue weighted by molar-refractivity contribution is 7.98. The minimum Gasteiger partial charge on any atom is -0.306 e. The van der Waals surface area contributed by atoms with E-state index in [1.54, 1.807) is 0 Å². The Balaban J connectivity index is 1.55. The number of para-hydroxylation sites is 1. The van der Waals surface area contributed by atoms with E-state index < -0.39 is 0 Å². The Morgan fingerprint density at radius 2 is 1.79 bits per heavy atom. The first-order valence-electron chi connectivity index (χ1n) is 9.25. The van der Waals surface area contributed by atoms with Gasteiger partial charge < -0.3 is 5.32 Å². The molecule has 3 aromatic carbocycles. The molecular formula is C23H19N3OS. The van der Waals surface area contributed by atoms with E-state index >= 15 is 0 Å². The molecule has 0 spiro atoms. The quantitative estimate of drug-likeness (QED) is 0.518. The third kappa shape index (κ3) is 2.88. The largest absolute Gasteiger partial charge is 0.306 e. The van der Waals surface area contributed by atoms with Crippen LogP contribution in [0.5, 0.6) is 0 Å². The predicted molar refractivity (Wildman–Crippen MR) is 115 cm³/mol. The number of thioether (sulfide) groups is 1. The summed E-state index contributed by atoms with van der Waals surface area (Å²) in [5.74, 6) is 2.43. The fourth-order valence-electron chi connectivity index (χ4n) is 3.63. The lowest BCUT2D eigenvalue weighted by Crippen LogP contribution is -2.16. The van der Waals surface area contributed by atoms with Crippen LogP contribution in [0.4, 0.5) is 5.82 Å². The molecule has 0 saturated heterocycles. The van der Waals surface area contributed by atoms with Gasteiger partial charge in [-0.05, 0) is 41.5 Å². The van der Waals surface area contributed by atoms with Crippen molar-refractivity contribution in [2.45, 2.75) is 18.4 Å². The minimum atomic E-state index is -0.111. The molecule has 28 heavy (non-hydrogen) atoms. The van der Waals surface area contributed by atoms with Crippen LogP contribution in [0.25, 0.3) is 16.5 Å². The number of hydrogen-bond donors (Lipinski definition) is 1. The Morgan fingerprint density at radius 3 is 2.64 bits per heavy atom. The number of hydrogen-bond acceptors (Lipinski definition) is 3. The van der Waals surface area contributed by atoms with Crippen molar-refractivity contribution in [2.75, 3.05) is 5.32 Å². The summed E-state index contributed by atoms with van der Waals surface area (Å²) in [5, 5.41) is 10.1. The zero-order valence-electron chi connectivity index (χ0n) is 15.5. The van der Waals surface area contributed by atoms with Crippen LogP contribution in [0.3, 0.4) is 0 Å². The fraction of sp³-hybridized carbons (Fsp3) is 0.130. The van der Waals surface area contributed by atoms with Crippen LogP contribution < -0.4 is 5.32 Å². The number of nitrogens with one attached hydrogen (secondary N) is 1. The van der Waals surface area contributed by atoms with Crippen LogP contribution >= 0.6 is 11.8 Å². The van der Waals surface area contributed by atoms with E-state index in [-0.39, 0.29) is 5.91 Å². The van der Waals surface area contributed by atoms with Gasteiger partial charge in [0.15, 0.2) is 0 Å². The molecule has 0 aliphatic carbocycles. The molecule has 0 unspecified atom stereocenters.